The number of ether oxygens (including phenoxy) is 3. The van der Waals surface area contributed by atoms with E-state index in [1.165, 1.54) is 7.11 Å². The van der Waals surface area contributed by atoms with Crippen LogP contribution in [0.4, 0.5) is 4.79 Å². The van der Waals surface area contributed by atoms with E-state index in [9.17, 15) is 9.59 Å². The summed E-state index contributed by atoms with van der Waals surface area (Å²) < 4.78 is 15.9. The molecular formula is C17H21ClN2O5. The van der Waals surface area contributed by atoms with Crippen LogP contribution >= 0.6 is 11.6 Å². The zero-order valence-corrected chi connectivity index (χ0v) is 15.3. The molecule has 2 amide bonds. The Kier molecular flexibility index (Phi) is 6.14. The molecule has 25 heavy (non-hydrogen) atoms. The maximum absolute atomic E-state index is 12.4. The van der Waals surface area contributed by atoms with Gasteiger partial charge in [0, 0.05) is 5.70 Å². The first-order chi connectivity index (χ1) is 11.9. The molecule has 0 aromatic heterocycles. The second-order valence-electron chi connectivity index (χ2n) is 5.26. The number of nitrogens with one attached hydrogen (secondary N) is 2. The lowest BCUT2D eigenvalue weighted by Gasteiger charge is -2.28. The Hall–Kier alpha value is -2.41. The fraction of sp³-hybridized carbons (Fsp3) is 0.412. The third-order valence-corrected chi connectivity index (χ3v) is 3.91. The highest BCUT2D eigenvalue weighted by Gasteiger charge is 2.33. The molecule has 136 valence electrons. The van der Waals surface area contributed by atoms with Gasteiger partial charge >= 0.3 is 12.0 Å². The van der Waals surface area contributed by atoms with E-state index in [-0.39, 0.29) is 6.61 Å². The normalized spacial score (nSPS) is 16.8. The van der Waals surface area contributed by atoms with Gasteiger partial charge in [0.15, 0.2) is 11.5 Å². The maximum atomic E-state index is 12.4. The Morgan fingerprint density at radius 3 is 2.60 bits per heavy atom. The minimum absolute atomic E-state index is 0.226. The van der Waals surface area contributed by atoms with Crippen molar-refractivity contribution in [3.63, 3.8) is 0 Å². The molecule has 0 saturated heterocycles. The van der Waals surface area contributed by atoms with Gasteiger partial charge in [0.25, 0.3) is 0 Å². The molecule has 0 saturated carbocycles. The number of rotatable bonds is 6. The van der Waals surface area contributed by atoms with Crippen molar-refractivity contribution in [2.75, 3.05) is 20.3 Å². The maximum Gasteiger partial charge on any atom is 0.338 e. The minimum Gasteiger partial charge on any atom is -0.491 e. The van der Waals surface area contributed by atoms with Gasteiger partial charge in [-0.3, -0.25) is 0 Å². The van der Waals surface area contributed by atoms with Crippen LogP contribution in [0.2, 0.25) is 5.02 Å². The standard InChI is InChI=1S/C17H21ClN2O5/c1-5-24-12-8-10(7-11(18)15(12)23-4)14-13(16(21)25-6-2)9(3)19-17(22)20-14/h7-8,14H,5-6H2,1-4H3,(H2,19,20,22)/t14-/m1/s1. The number of carbonyl (C=O) groups is 2. The first kappa shape index (κ1) is 18.9. The van der Waals surface area contributed by atoms with E-state index in [1.807, 2.05) is 6.92 Å². The fourth-order valence-electron chi connectivity index (χ4n) is 2.64. The molecule has 8 heteroatoms. The predicted molar refractivity (Wildman–Crippen MR) is 92.9 cm³/mol. The largest absolute Gasteiger partial charge is 0.491 e. The molecule has 1 aromatic rings. The Morgan fingerprint density at radius 1 is 1.28 bits per heavy atom. The van der Waals surface area contributed by atoms with E-state index in [1.54, 1.807) is 26.0 Å². The number of methoxy groups -OCH3 is 1. The second-order valence-corrected chi connectivity index (χ2v) is 5.66. The molecule has 7 nitrogen and oxygen atoms in total. The first-order valence-electron chi connectivity index (χ1n) is 7.88. The first-order valence-corrected chi connectivity index (χ1v) is 8.26. The van der Waals surface area contributed by atoms with E-state index < -0.39 is 18.0 Å². The van der Waals surface area contributed by atoms with Gasteiger partial charge < -0.3 is 24.8 Å². The summed E-state index contributed by atoms with van der Waals surface area (Å²) >= 11 is 6.29. The lowest BCUT2D eigenvalue weighted by atomic mass is 9.95. The molecule has 0 spiro atoms. The van der Waals surface area contributed by atoms with Crippen LogP contribution in [0, 0.1) is 0 Å². The summed E-state index contributed by atoms with van der Waals surface area (Å²) in [6, 6.07) is 2.19. The number of carbonyl (C=O) groups excluding carboxylic acids is 2. The highest BCUT2D eigenvalue weighted by molar-refractivity contribution is 6.32. The molecule has 0 fully saturated rings. The van der Waals surface area contributed by atoms with E-state index in [0.717, 1.165) is 0 Å². The molecule has 0 unspecified atom stereocenters. The van der Waals surface area contributed by atoms with Gasteiger partial charge in [0.05, 0.1) is 37.0 Å². The Balaban J connectivity index is 2.55. The van der Waals surface area contributed by atoms with Crippen molar-refractivity contribution < 1.29 is 23.8 Å². The summed E-state index contributed by atoms with van der Waals surface area (Å²) in [4.78, 5) is 24.3. The van der Waals surface area contributed by atoms with Crippen molar-refractivity contribution in [1.29, 1.82) is 0 Å². The second kappa shape index (κ2) is 8.11. The Morgan fingerprint density at radius 2 is 2.00 bits per heavy atom. The van der Waals surface area contributed by atoms with Gasteiger partial charge in [-0.05, 0) is 38.5 Å². The SMILES string of the molecule is CCOC(=O)C1=C(C)NC(=O)N[C@@H]1c1cc(Cl)c(OC)c(OCC)c1. The van der Waals surface area contributed by atoms with Crippen LogP contribution in [0.3, 0.4) is 0 Å². The van der Waals surface area contributed by atoms with Crippen molar-refractivity contribution >= 4 is 23.6 Å². The smallest absolute Gasteiger partial charge is 0.338 e. The van der Waals surface area contributed by atoms with E-state index >= 15 is 0 Å². The summed E-state index contributed by atoms with van der Waals surface area (Å²) in [6.45, 7) is 5.83. The van der Waals surface area contributed by atoms with E-state index in [2.05, 4.69) is 10.6 Å². The quantitative estimate of drug-likeness (QED) is 0.754. The van der Waals surface area contributed by atoms with Crippen LogP contribution < -0.4 is 20.1 Å². The van der Waals surface area contributed by atoms with Crippen LogP contribution in [0.25, 0.3) is 0 Å². The van der Waals surface area contributed by atoms with Crippen molar-refractivity contribution in [2.45, 2.75) is 26.8 Å². The molecule has 1 heterocycles. The number of urea groups is 1. The number of amides is 2. The van der Waals surface area contributed by atoms with Crippen molar-refractivity contribution in [2.24, 2.45) is 0 Å². The van der Waals surface area contributed by atoms with Gasteiger partial charge in [-0.1, -0.05) is 11.6 Å². The molecule has 1 aliphatic heterocycles. The lowest BCUT2D eigenvalue weighted by Crippen LogP contribution is -2.45. The molecule has 0 radical (unpaired) electrons. The van der Waals surface area contributed by atoms with Gasteiger partial charge in [0.1, 0.15) is 0 Å². The van der Waals surface area contributed by atoms with Crippen LogP contribution in [0.15, 0.2) is 23.4 Å². The third kappa shape index (κ3) is 3.99. The van der Waals surface area contributed by atoms with Gasteiger partial charge in [-0.25, -0.2) is 9.59 Å². The number of esters is 1. The highest BCUT2D eigenvalue weighted by atomic mass is 35.5. The van der Waals surface area contributed by atoms with Crippen LogP contribution in [0.1, 0.15) is 32.4 Å². The van der Waals surface area contributed by atoms with Crippen molar-refractivity contribution in [1.82, 2.24) is 10.6 Å². The number of benzene rings is 1. The zero-order chi connectivity index (χ0) is 18.6. The van der Waals surface area contributed by atoms with Crippen molar-refractivity contribution in [3.05, 3.63) is 34.0 Å². The average molecular weight is 369 g/mol. The van der Waals surface area contributed by atoms with Gasteiger partial charge in [-0.2, -0.15) is 0 Å². The average Bonchev–Trinajstić information content (AvgIpc) is 2.54. The summed E-state index contributed by atoms with van der Waals surface area (Å²) in [5, 5.41) is 5.62. The van der Waals surface area contributed by atoms with E-state index in [4.69, 9.17) is 25.8 Å². The minimum atomic E-state index is -0.713. The molecule has 1 aromatic carbocycles. The zero-order valence-electron chi connectivity index (χ0n) is 14.6. The van der Waals surface area contributed by atoms with Crippen LogP contribution in [-0.4, -0.2) is 32.3 Å². The number of halogens is 1. The molecule has 2 N–H and O–H groups in total. The highest BCUT2D eigenvalue weighted by Crippen LogP contribution is 2.40. The molecular weight excluding hydrogens is 348 g/mol. The van der Waals surface area contributed by atoms with Crippen LogP contribution in [0.5, 0.6) is 11.5 Å². The number of allylic oxidation sites excluding steroid dienone is 1. The topological polar surface area (TPSA) is 85.9 Å². The Labute approximate surface area is 151 Å². The number of hydrogen-bond acceptors (Lipinski definition) is 5. The molecule has 1 atom stereocenters. The molecule has 0 bridgehead atoms. The van der Waals surface area contributed by atoms with Crippen LogP contribution in [-0.2, 0) is 9.53 Å². The lowest BCUT2D eigenvalue weighted by molar-refractivity contribution is -0.139. The Bertz CT molecular complexity index is 717. The molecule has 0 aliphatic carbocycles. The molecule has 1 aliphatic rings. The number of hydrogen-bond donors (Lipinski definition) is 2. The van der Waals surface area contributed by atoms with E-state index in [0.29, 0.717) is 40.0 Å². The summed E-state index contributed by atoms with van der Waals surface area (Å²) in [6.07, 6.45) is 0. The third-order valence-electron chi connectivity index (χ3n) is 3.63. The molecule has 2 rings (SSSR count). The fourth-order valence-corrected chi connectivity index (χ4v) is 2.94. The van der Waals surface area contributed by atoms with Crippen molar-refractivity contribution in [3.8, 4) is 11.5 Å². The predicted octanol–water partition coefficient (Wildman–Crippen LogP) is 2.94. The summed E-state index contributed by atoms with van der Waals surface area (Å²) in [5.41, 5.74) is 1.33. The monoisotopic (exact) mass is 368 g/mol. The summed E-state index contributed by atoms with van der Waals surface area (Å²) in [5.74, 6) is 0.314. The summed E-state index contributed by atoms with van der Waals surface area (Å²) in [7, 11) is 1.49. The van der Waals surface area contributed by atoms with Gasteiger partial charge in [0.2, 0.25) is 0 Å². The van der Waals surface area contributed by atoms with Gasteiger partial charge in [-0.15, -0.1) is 0 Å².